The Morgan fingerprint density at radius 1 is 1.03 bits per heavy atom. The number of carbonyl (C=O) groups excluding carboxylic acids is 1. The Balaban J connectivity index is 1.34. The number of aromatic nitrogens is 1. The Labute approximate surface area is 188 Å². The van der Waals surface area contributed by atoms with Gasteiger partial charge in [-0.15, -0.1) is 23.1 Å². The Kier molecular flexibility index (Phi) is 6.96. The maximum atomic E-state index is 13.0. The lowest BCUT2D eigenvalue weighted by molar-refractivity contribution is 0.0948. The van der Waals surface area contributed by atoms with E-state index in [0.717, 1.165) is 16.2 Å². The first-order chi connectivity index (χ1) is 15.2. The lowest BCUT2D eigenvalue weighted by Crippen LogP contribution is -2.23. The van der Waals surface area contributed by atoms with Gasteiger partial charge in [0.05, 0.1) is 5.56 Å². The third-order valence-corrected chi connectivity index (χ3v) is 6.55. The smallest absolute Gasteiger partial charge is 0.252 e. The van der Waals surface area contributed by atoms with Gasteiger partial charge in [0.1, 0.15) is 11.6 Å². The van der Waals surface area contributed by atoms with Crippen LogP contribution in [-0.2, 0) is 12.3 Å². The van der Waals surface area contributed by atoms with Crippen LogP contribution in [0.15, 0.2) is 89.3 Å². The Bertz CT molecular complexity index is 1130. The first-order valence-electron chi connectivity index (χ1n) is 9.58. The van der Waals surface area contributed by atoms with Gasteiger partial charge in [-0.1, -0.05) is 24.3 Å². The molecule has 0 unspecified atom stereocenters. The number of benzene rings is 2. The molecule has 0 fully saturated rings. The van der Waals surface area contributed by atoms with Crippen LogP contribution in [0.1, 0.15) is 20.8 Å². The highest BCUT2D eigenvalue weighted by atomic mass is 32.2. The molecule has 2 heterocycles. The first-order valence-corrected chi connectivity index (χ1v) is 11.4. The molecule has 0 aliphatic heterocycles. The fraction of sp³-hybridized carbons (Fsp3) is 0.0833. The van der Waals surface area contributed by atoms with Gasteiger partial charge < -0.3 is 10.1 Å². The van der Waals surface area contributed by atoms with Crippen LogP contribution in [-0.4, -0.2) is 10.9 Å². The first kappa shape index (κ1) is 21.1. The van der Waals surface area contributed by atoms with Crippen molar-refractivity contribution in [2.24, 2.45) is 0 Å². The molecule has 1 N–H and O–H groups in total. The lowest BCUT2D eigenvalue weighted by Gasteiger charge is -2.10. The molecule has 0 aliphatic carbocycles. The average molecular weight is 451 g/mol. The van der Waals surface area contributed by atoms with E-state index in [9.17, 15) is 9.18 Å². The summed E-state index contributed by atoms with van der Waals surface area (Å²) in [4.78, 5) is 19.2. The van der Waals surface area contributed by atoms with E-state index in [1.165, 1.54) is 17.0 Å². The van der Waals surface area contributed by atoms with Crippen molar-refractivity contribution in [3.63, 3.8) is 0 Å². The lowest BCUT2D eigenvalue weighted by atomic mass is 10.2. The van der Waals surface area contributed by atoms with Crippen LogP contribution in [0.25, 0.3) is 0 Å². The Morgan fingerprint density at radius 2 is 1.87 bits per heavy atom. The molecular weight excluding hydrogens is 431 g/mol. The minimum Gasteiger partial charge on any atom is -0.439 e. The number of rotatable bonds is 8. The van der Waals surface area contributed by atoms with Gasteiger partial charge in [0.15, 0.2) is 0 Å². The SMILES string of the molecule is O=C(NCc1ccc(Oc2ccc(F)cc2)nc1)c1ccccc1SCc1cccs1. The van der Waals surface area contributed by atoms with E-state index < -0.39 is 0 Å². The molecule has 4 rings (SSSR count). The van der Waals surface area contributed by atoms with Crippen LogP contribution < -0.4 is 10.1 Å². The maximum absolute atomic E-state index is 13.0. The van der Waals surface area contributed by atoms with Gasteiger partial charge >= 0.3 is 0 Å². The summed E-state index contributed by atoms with van der Waals surface area (Å²) in [6.45, 7) is 0.354. The summed E-state index contributed by atoms with van der Waals surface area (Å²) in [6.07, 6.45) is 1.65. The molecule has 1 amide bonds. The highest BCUT2D eigenvalue weighted by Gasteiger charge is 2.12. The fourth-order valence-corrected chi connectivity index (χ4v) is 4.62. The fourth-order valence-electron chi connectivity index (χ4n) is 2.80. The van der Waals surface area contributed by atoms with Crippen molar-refractivity contribution in [3.05, 3.63) is 106 Å². The highest BCUT2D eigenvalue weighted by molar-refractivity contribution is 7.98. The van der Waals surface area contributed by atoms with Gasteiger partial charge in [-0.25, -0.2) is 9.37 Å². The van der Waals surface area contributed by atoms with Crippen LogP contribution >= 0.6 is 23.1 Å². The Hall–Kier alpha value is -3.16. The number of hydrogen-bond acceptors (Lipinski definition) is 5. The van der Waals surface area contributed by atoms with Crippen LogP contribution in [0, 0.1) is 5.82 Å². The van der Waals surface area contributed by atoms with Gasteiger partial charge in [0.25, 0.3) is 5.91 Å². The van der Waals surface area contributed by atoms with Crippen molar-refractivity contribution in [1.29, 1.82) is 0 Å². The molecule has 0 aliphatic rings. The molecular formula is C24H19FN2O2S2. The summed E-state index contributed by atoms with van der Waals surface area (Å²) in [5.74, 6) is 1.30. The summed E-state index contributed by atoms with van der Waals surface area (Å²) < 4.78 is 18.6. The van der Waals surface area contributed by atoms with Gasteiger partial charge in [-0.2, -0.15) is 0 Å². The van der Waals surface area contributed by atoms with E-state index in [2.05, 4.69) is 21.7 Å². The van der Waals surface area contributed by atoms with Crippen LogP contribution in [0.4, 0.5) is 4.39 Å². The van der Waals surface area contributed by atoms with Crippen molar-refractivity contribution < 1.29 is 13.9 Å². The summed E-state index contributed by atoms with van der Waals surface area (Å²) in [7, 11) is 0. The largest absolute Gasteiger partial charge is 0.439 e. The molecule has 2 aromatic carbocycles. The summed E-state index contributed by atoms with van der Waals surface area (Å²) >= 11 is 3.37. The molecule has 0 saturated heterocycles. The van der Waals surface area contributed by atoms with E-state index in [1.807, 2.05) is 36.4 Å². The zero-order valence-corrected chi connectivity index (χ0v) is 18.1. The van der Waals surface area contributed by atoms with Gasteiger partial charge in [-0.05, 0) is 53.4 Å². The van der Waals surface area contributed by atoms with Crippen LogP contribution in [0.2, 0.25) is 0 Å². The van der Waals surface area contributed by atoms with E-state index >= 15 is 0 Å². The van der Waals surface area contributed by atoms with Crippen molar-refractivity contribution in [1.82, 2.24) is 10.3 Å². The molecule has 156 valence electrons. The number of carbonyl (C=O) groups is 1. The summed E-state index contributed by atoms with van der Waals surface area (Å²) in [6, 6.07) is 21.0. The summed E-state index contributed by atoms with van der Waals surface area (Å²) in [5.41, 5.74) is 1.51. The van der Waals surface area contributed by atoms with Gasteiger partial charge in [0, 0.05) is 34.3 Å². The number of ether oxygens (including phenoxy) is 1. The molecule has 0 saturated carbocycles. The van der Waals surface area contributed by atoms with Crippen LogP contribution in [0.3, 0.4) is 0 Å². The monoisotopic (exact) mass is 450 g/mol. The molecule has 0 atom stereocenters. The standard InChI is InChI=1S/C24H19FN2O2S2/c25-18-8-10-19(11-9-18)29-23-12-7-17(14-26-23)15-27-24(28)21-5-1-2-6-22(21)31-16-20-4-3-13-30-20/h1-14H,15-16H2,(H,27,28). The van der Waals surface area contributed by atoms with Crippen molar-refractivity contribution in [3.8, 4) is 11.6 Å². The second-order valence-electron chi connectivity index (χ2n) is 6.61. The molecule has 2 aromatic heterocycles. The summed E-state index contributed by atoms with van der Waals surface area (Å²) in [5, 5.41) is 5.01. The molecule has 31 heavy (non-hydrogen) atoms. The highest BCUT2D eigenvalue weighted by Crippen LogP contribution is 2.28. The third-order valence-electron chi connectivity index (χ3n) is 4.37. The zero-order chi connectivity index (χ0) is 21.5. The van der Waals surface area contributed by atoms with Gasteiger partial charge in [0.2, 0.25) is 5.88 Å². The van der Waals surface area contributed by atoms with Crippen molar-refractivity contribution in [2.75, 3.05) is 0 Å². The van der Waals surface area contributed by atoms with E-state index in [0.29, 0.717) is 23.7 Å². The number of amides is 1. The number of thiophene rings is 1. The Morgan fingerprint density at radius 3 is 2.61 bits per heavy atom. The zero-order valence-electron chi connectivity index (χ0n) is 16.5. The number of thioether (sulfide) groups is 1. The number of nitrogens with one attached hydrogen (secondary N) is 1. The third kappa shape index (κ3) is 5.93. The van der Waals surface area contributed by atoms with E-state index in [-0.39, 0.29) is 11.7 Å². The number of pyridine rings is 1. The van der Waals surface area contributed by atoms with Gasteiger partial charge in [-0.3, -0.25) is 4.79 Å². The second-order valence-corrected chi connectivity index (χ2v) is 8.66. The van der Waals surface area contributed by atoms with Crippen molar-refractivity contribution >= 4 is 29.0 Å². The van der Waals surface area contributed by atoms with Crippen LogP contribution in [0.5, 0.6) is 11.6 Å². The maximum Gasteiger partial charge on any atom is 0.252 e. The topological polar surface area (TPSA) is 51.2 Å². The molecule has 7 heteroatoms. The number of hydrogen-bond donors (Lipinski definition) is 1. The van der Waals surface area contributed by atoms with E-state index in [1.54, 1.807) is 47.5 Å². The number of halogens is 1. The molecule has 4 nitrogen and oxygen atoms in total. The second kappa shape index (κ2) is 10.2. The predicted octanol–water partition coefficient (Wildman–Crippen LogP) is 6.30. The quantitative estimate of drug-likeness (QED) is 0.320. The molecule has 4 aromatic rings. The molecule has 0 bridgehead atoms. The minimum atomic E-state index is -0.321. The molecule has 0 spiro atoms. The van der Waals surface area contributed by atoms with Crippen molar-refractivity contribution in [2.45, 2.75) is 17.2 Å². The minimum absolute atomic E-state index is 0.124. The number of nitrogens with zero attached hydrogens (tertiary/aromatic N) is 1. The molecule has 0 radical (unpaired) electrons. The normalized spacial score (nSPS) is 10.6. The predicted molar refractivity (Wildman–Crippen MR) is 122 cm³/mol. The average Bonchev–Trinajstić information content (AvgIpc) is 3.32. The van der Waals surface area contributed by atoms with E-state index in [4.69, 9.17) is 4.74 Å².